The molecule has 0 aliphatic heterocycles. The minimum absolute atomic E-state index is 0.0198. The minimum Gasteiger partial charge on any atom is -0.198 e. The van der Waals surface area contributed by atoms with Crippen molar-refractivity contribution in [1.82, 2.24) is 0 Å². The van der Waals surface area contributed by atoms with E-state index in [2.05, 4.69) is 62.4 Å². The topological polar surface area (TPSA) is 47.6 Å². The lowest BCUT2D eigenvalue weighted by Crippen LogP contribution is -2.26. The van der Waals surface area contributed by atoms with Crippen molar-refractivity contribution < 1.29 is 0 Å². The van der Waals surface area contributed by atoms with E-state index in [1.807, 2.05) is 0 Å². The van der Waals surface area contributed by atoms with Crippen LogP contribution in [-0.2, 0) is 18.3 Å². The van der Waals surface area contributed by atoms with Gasteiger partial charge in [-0.3, -0.25) is 0 Å². The Morgan fingerprint density at radius 3 is 1.52 bits per heavy atom. The summed E-state index contributed by atoms with van der Waals surface area (Å²) in [5.74, 6) is 0. The Kier molecular flexibility index (Phi) is 7.11. The molecular weight excluding hydrogens is 352 g/mol. The molecule has 0 bridgehead atoms. The number of hydrogen-bond acceptors (Lipinski definition) is 2. The molecule has 1 aliphatic carbocycles. The molecule has 0 atom stereocenters. The van der Waals surface area contributed by atoms with E-state index in [1.54, 1.807) is 0 Å². The molecule has 2 heteroatoms. The molecule has 2 aromatic rings. The first-order chi connectivity index (χ1) is 14.2. The molecule has 1 aliphatic rings. The Labute approximate surface area is 176 Å². The zero-order chi connectivity index (χ0) is 20.7. The predicted octanol–water partition coefficient (Wildman–Crippen LogP) is 7.25. The standard InChI is InChI=1S/C27H32N2/c1-3-5-7-15-27(16-8-6-4-2)25-19-21(13-17-28)9-11-23(25)24-12-10-22(14-18-29)20-26(24)27/h9-12,19-20H,3-8,13-16H2,1-2H3. The second-order valence-corrected chi connectivity index (χ2v) is 8.43. The van der Waals surface area contributed by atoms with Crippen molar-refractivity contribution in [3.8, 4) is 23.3 Å². The largest absolute Gasteiger partial charge is 0.198 e. The van der Waals surface area contributed by atoms with Gasteiger partial charge in [-0.1, -0.05) is 88.8 Å². The first kappa shape index (κ1) is 21.1. The summed E-state index contributed by atoms with van der Waals surface area (Å²) >= 11 is 0. The Hall–Kier alpha value is -2.58. The third-order valence-corrected chi connectivity index (χ3v) is 6.47. The van der Waals surface area contributed by atoms with E-state index in [0.717, 1.165) is 24.0 Å². The maximum Gasteiger partial charge on any atom is 0.0669 e. The van der Waals surface area contributed by atoms with Crippen LogP contribution in [0.3, 0.4) is 0 Å². The highest BCUT2D eigenvalue weighted by Gasteiger charge is 2.42. The molecule has 0 spiro atoms. The lowest BCUT2D eigenvalue weighted by atomic mass is 9.70. The van der Waals surface area contributed by atoms with Gasteiger partial charge in [-0.25, -0.2) is 0 Å². The average Bonchev–Trinajstić information content (AvgIpc) is 2.98. The molecule has 2 aromatic carbocycles. The van der Waals surface area contributed by atoms with Crippen LogP contribution in [0.2, 0.25) is 0 Å². The lowest BCUT2D eigenvalue weighted by molar-refractivity contribution is 0.405. The average molecular weight is 385 g/mol. The van der Waals surface area contributed by atoms with Gasteiger partial charge in [0.2, 0.25) is 0 Å². The molecule has 0 unspecified atom stereocenters. The fourth-order valence-electron chi connectivity index (χ4n) is 5.01. The van der Waals surface area contributed by atoms with Crippen LogP contribution in [-0.4, -0.2) is 0 Å². The highest BCUT2D eigenvalue weighted by molar-refractivity contribution is 5.81. The van der Waals surface area contributed by atoms with Gasteiger partial charge in [-0.05, 0) is 46.2 Å². The molecule has 0 radical (unpaired) electrons. The number of benzene rings is 2. The summed E-state index contributed by atoms with van der Waals surface area (Å²) < 4.78 is 0. The van der Waals surface area contributed by atoms with Gasteiger partial charge >= 0.3 is 0 Å². The van der Waals surface area contributed by atoms with Crippen molar-refractivity contribution in [2.75, 3.05) is 0 Å². The van der Waals surface area contributed by atoms with Crippen molar-refractivity contribution in [3.05, 3.63) is 58.7 Å². The fraction of sp³-hybridized carbons (Fsp3) is 0.481. The van der Waals surface area contributed by atoms with Crippen molar-refractivity contribution in [1.29, 1.82) is 10.5 Å². The SMILES string of the molecule is CCCCCC1(CCCCC)c2cc(CC#N)ccc2-c2ccc(CC#N)cc21. The molecule has 0 saturated carbocycles. The number of nitrogens with zero attached hydrogens (tertiary/aromatic N) is 2. The highest BCUT2D eigenvalue weighted by Crippen LogP contribution is 2.54. The summed E-state index contributed by atoms with van der Waals surface area (Å²) in [5.41, 5.74) is 7.75. The van der Waals surface area contributed by atoms with Crippen LogP contribution < -0.4 is 0 Å². The lowest BCUT2D eigenvalue weighted by Gasteiger charge is -2.33. The smallest absolute Gasteiger partial charge is 0.0669 e. The third-order valence-electron chi connectivity index (χ3n) is 6.47. The van der Waals surface area contributed by atoms with Crippen molar-refractivity contribution in [3.63, 3.8) is 0 Å². The van der Waals surface area contributed by atoms with Gasteiger partial charge in [-0.2, -0.15) is 10.5 Å². The van der Waals surface area contributed by atoms with Crippen LogP contribution in [0.5, 0.6) is 0 Å². The summed E-state index contributed by atoms with van der Waals surface area (Å²) in [4.78, 5) is 0. The van der Waals surface area contributed by atoms with Crippen LogP contribution in [0.1, 0.15) is 87.5 Å². The highest BCUT2D eigenvalue weighted by atomic mass is 14.4. The maximum atomic E-state index is 9.23. The third kappa shape index (κ3) is 4.23. The van der Waals surface area contributed by atoms with Crippen LogP contribution in [0, 0.1) is 22.7 Å². The van der Waals surface area contributed by atoms with Crippen LogP contribution in [0.4, 0.5) is 0 Å². The molecular formula is C27H32N2. The number of fused-ring (bicyclic) bond motifs is 3. The van der Waals surface area contributed by atoms with Gasteiger partial charge < -0.3 is 0 Å². The van der Waals surface area contributed by atoms with E-state index in [-0.39, 0.29) is 5.41 Å². The summed E-state index contributed by atoms with van der Waals surface area (Å²) in [5, 5.41) is 18.5. The van der Waals surface area contributed by atoms with Crippen molar-refractivity contribution in [2.24, 2.45) is 0 Å². The van der Waals surface area contributed by atoms with Gasteiger partial charge in [0, 0.05) is 5.41 Å². The van der Waals surface area contributed by atoms with Crippen molar-refractivity contribution in [2.45, 2.75) is 83.5 Å². The molecule has 0 amide bonds. The summed E-state index contributed by atoms with van der Waals surface area (Å²) in [7, 11) is 0. The normalized spacial score (nSPS) is 13.4. The number of hydrogen-bond donors (Lipinski definition) is 0. The van der Waals surface area contributed by atoms with Crippen LogP contribution in [0.25, 0.3) is 11.1 Å². The molecule has 3 rings (SSSR count). The van der Waals surface area contributed by atoms with Crippen LogP contribution in [0.15, 0.2) is 36.4 Å². The van der Waals surface area contributed by atoms with Gasteiger partial charge in [0.05, 0.1) is 25.0 Å². The molecule has 0 saturated heterocycles. The zero-order valence-electron chi connectivity index (χ0n) is 17.9. The number of rotatable bonds is 10. The Bertz CT molecular complexity index is 849. The quantitative estimate of drug-likeness (QED) is 0.405. The number of nitriles is 2. The zero-order valence-corrected chi connectivity index (χ0v) is 17.9. The summed E-state index contributed by atoms with van der Waals surface area (Å²) in [6.07, 6.45) is 10.6. The first-order valence-electron chi connectivity index (χ1n) is 11.2. The van der Waals surface area contributed by atoms with Gasteiger partial charge in [0.25, 0.3) is 0 Å². The van der Waals surface area contributed by atoms with Crippen LogP contribution >= 0.6 is 0 Å². The predicted molar refractivity (Wildman–Crippen MR) is 120 cm³/mol. The monoisotopic (exact) mass is 384 g/mol. The Morgan fingerprint density at radius 1 is 0.690 bits per heavy atom. The van der Waals surface area contributed by atoms with Crippen molar-refractivity contribution >= 4 is 0 Å². The second kappa shape index (κ2) is 9.76. The van der Waals surface area contributed by atoms with E-state index < -0.39 is 0 Å². The maximum absolute atomic E-state index is 9.23. The molecule has 0 aromatic heterocycles. The molecule has 2 nitrogen and oxygen atoms in total. The van der Waals surface area contributed by atoms with E-state index >= 15 is 0 Å². The molecule has 150 valence electrons. The summed E-state index contributed by atoms with van der Waals surface area (Å²) in [6.45, 7) is 4.52. The van der Waals surface area contributed by atoms with E-state index in [1.165, 1.54) is 60.8 Å². The first-order valence-corrected chi connectivity index (χ1v) is 11.2. The van der Waals surface area contributed by atoms with Gasteiger partial charge in [-0.15, -0.1) is 0 Å². The Morgan fingerprint density at radius 2 is 1.14 bits per heavy atom. The van der Waals surface area contributed by atoms with Gasteiger partial charge in [0.15, 0.2) is 0 Å². The fourth-order valence-corrected chi connectivity index (χ4v) is 5.01. The molecule has 0 fully saturated rings. The molecule has 0 N–H and O–H groups in total. The van der Waals surface area contributed by atoms with E-state index in [0.29, 0.717) is 12.8 Å². The van der Waals surface area contributed by atoms with Gasteiger partial charge in [0.1, 0.15) is 0 Å². The molecule has 29 heavy (non-hydrogen) atoms. The number of unbranched alkanes of at least 4 members (excludes halogenated alkanes) is 4. The Balaban J connectivity index is 2.16. The second-order valence-electron chi connectivity index (χ2n) is 8.43. The molecule has 0 heterocycles. The summed E-state index contributed by atoms with van der Waals surface area (Å²) in [6, 6.07) is 17.9. The minimum atomic E-state index is 0.0198. The van der Waals surface area contributed by atoms with E-state index in [4.69, 9.17) is 0 Å². The van der Waals surface area contributed by atoms with E-state index in [9.17, 15) is 10.5 Å².